The van der Waals surface area contributed by atoms with Crippen LogP contribution in [0.2, 0.25) is 0 Å². The van der Waals surface area contributed by atoms with E-state index < -0.39 is 12.1 Å². The van der Waals surface area contributed by atoms with E-state index in [-0.39, 0.29) is 18.5 Å². The quantitative estimate of drug-likeness (QED) is 0.0321. The van der Waals surface area contributed by atoms with Crippen LogP contribution in [0.25, 0.3) is 0 Å². The van der Waals surface area contributed by atoms with Crippen molar-refractivity contribution in [2.75, 3.05) is 13.2 Å². The lowest BCUT2D eigenvalue weighted by atomic mass is 10.0. The minimum Gasteiger partial charge on any atom is -0.466 e. The zero-order chi connectivity index (χ0) is 49.3. The molecule has 0 bridgehead atoms. The van der Waals surface area contributed by atoms with E-state index >= 15 is 0 Å². The van der Waals surface area contributed by atoms with E-state index in [0.29, 0.717) is 19.4 Å². The van der Waals surface area contributed by atoms with Crippen LogP contribution in [0, 0.1) is 0 Å². The average molecular weight is 959 g/mol. The highest BCUT2D eigenvalue weighted by Gasteiger charge is 2.18. The maximum atomic E-state index is 12.5. The molecule has 6 heteroatoms. The van der Waals surface area contributed by atoms with Gasteiger partial charge in [0.05, 0.1) is 25.4 Å². The van der Waals surface area contributed by atoms with Gasteiger partial charge in [-0.05, 0) is 57.8 Å². The summed E-state index contributed by atoms with van der Waals surface area (Å²) >= 11 is 0. The van der Waals surface area contributed by atoms with E-state index in [0.717, 1.165) is 57.8 Å². The van der Waals surface area contributed by atoms with E-state index in [2.05, 4.69) is 31.3 Å². The molecule has 0 fully saturated rings. The van der Waals surface area contributed by atoms with Crippen molar-refractivity contribution in [2.45, 2.75) is 347 Å². The van der Waals surface area contributed by atoms with E-state index in [4.69, 9.17) is 4.74 Å². The van der Waals surface area contributed by atoms with Crippen LogP contribution >= 0.6 is 0 Å². The summed E-state index contributed by atoms with van der Waals surface area (Å²) in [5.41, 5.74) is 0. The smallest absolute Gasteiger partial charge is 0.305 e. The van der Waals surface area contributed by atoms with Gasteiger partial charge >= 0.3 is 5.97 Å². The Kier molecular flexibility index (Phi) is 56.5. The number of allylic oxidation sites excluding steroid dienone is 3. The molecule has 0 aliphatic carbocycles. The molecule has 0 rings (SSSR count). The number of unbranched alkanes of at least 4 members (excludes halogenated alkanes) is 44. The van der Waals surface area contributed by atoms with Gasteiger partial charge in [-0.15, -0.1) is 0 Å². The number of hydrogen-bond donors (Lipinski definition) is 3. The van der Waals surface area contributed by atoms with Crippen molar-refractivity contribution in [1.82, 2.24) is 5.32 Å². The van der Waals surface area contributed by atoms with Gasteiger partial charge in [0, 0.05) is 12.8 Å². The number of amides is 1. The van der Waals surface area contributed by atoms with Crippen molar-refractivity contribution < 1.29 is 24.5 Å². The summed E-state index contributed by atoms with van der Waals surface area (Å²) in [4.78, 5) is 24.6. The Morgan fingerprint density at radius 2 is 0.691 bits per heavy atom. The van der Waals surface area contributed by atoms with Gasteiger partial charge in [0.1, 0.15) is 0 Å². The molecule has 0 aliphatic rings. The molecule has 0 heterocycles. The van der Waals surface area contributed by atoms with E-state index in [1.165, 1.54) is 250 Å². The van der Waals surface area contributed by atoms with Crippen LogP contribution < -0.4 is 5.32 Å². The molecular formula is C62H119NO5. The molecular weight excluding hydrogens is 839 g/mol. The van der Waals surface area contributed by atoms with Crippen molar-refractivity contribution in [3.05, 3.63) is 24.3 Å². The number of rotatable bonds is 57. The Morgan fingerprint density at radius 1 is 0.397 bits per heavy atom. The molecule has 2 unspecified atom stereocenters. The first-order valence-electron chi connectivity index (χ1n) is 30.6. The summed E-state index contributed by atoms with van der Waals surface area (Å²) < 4.78 is 5.48. The molecule has 402 valence electrons. The first kappa shape index (κ1) is 66.3. The Bertz CT molecular complexity index is 1060. The zero-order valence-corrected chi connectivity index (χ0v) is 45.9. The van der Waals surface area contributed by atoms with Crippen LogP contribution in [0.1, 0.15) is 335 Å². The second kappa shape index (κ2) is 57.9. The number of nitrogens with one attached hydrogen (secondary N) is 1. The van der Waals surface area contributed by atoms with Gasteiger partial charge in [-0.3, -0.25) is 9.59 Å². The highest BCUT2D eigenvalue weighted by molar-refractivity contribution is 5.76. The number of carbonyl (C=O) groups is 2. The SMILES string of the molecule is CCCCCCCC/C=C\CCCCCCCCCCCC(=O)OCCCCCCCCCCCCCC(=O)NC(CO)C(O)/C=C/CCCCCCCCCCCCCCCCCCCCC. The average Bonchev–Trinajstić information content (AvgIpc) is 3.34. The molecule has 2 atom stereocenters. The third kappa shape index (κ3) is 53.7. The van der Waals surface area contributed by atoms with Crippen molar-refractivity contribution in [2.24, 2.45) is 0 Å². The summed E-state index contributed by atoms with van der Waals surface area (Å²) in [6.45, 7) is 4.88. The van der Waals surface area contributed by atoms with Crippen molar-refractivity contribution in [1.29, 1.82) is 0 Å². The summed E-state index contributed by atoms with van der Waals surface area (Å²) in [6.07, 6.45) is 70.6. The second-order valence-corrected chi connectivity index (χ2v) is 21.0. The molecule has 1 amide bonds. The van der Waals surface area contributed by atoms with E-state index in [1.807, 2.05) is 6.08 Å². The summed E-state index contributed by atoms with van der Waals surface area (Å²) in [7, 11) is 0. The van der Waals surface area contributed by atoms with Gasteiger partial charge in [0.25, 0.3) is 0 Å². The molecule has 0 radical (unpaired) electrons. The fraction of sp³-hybridized carbons (Fsp3) is 0.903. The molecule has 0 aromatic rings. The van der Waals surface area contributed by atoms with Crippen molar-refractivity contribution in [3.63, 3.8) is 0 Å². The molecule has 68 heavy (non-hydrogen) atoms. The van der Waals surface area contributed by atoms with Crippen molar-refractivity contribution in [3.8, 4) is 0 Å². The Labute approximate surface area is 424 Å². The Balaban J connectivity index is 3.47. The number of hydrogen-bond acceptors (Lipinski definition) is 5. The first-order valence-corrected chi connectivity index (χ1v) is 30.6. The number of esters is 1. The van der Waals surface area contributed by atoms with Crippen LogP contribution in [-0.2, 0) is 14.3 Å². The largest absolute Gasteiger partial charge is 0.466 e. The van der Waals surface area contributed by atoms with Gasteiger partial charge in [-0.1, -0.05) is 289 Å². The summed E-state index contributed by atoms with van der Waals surface area (Å²) in [5, 5.41) is 23.2. The van der Waals surface area contributed by atoms with Crippen LogP contribution in [0.15, 0.2) is 24.3 Å². The lowest BCUT2D eigenvalue weighted by Gasteiger charge is -2.20. The fourth-order valence-electron chi connectivity index (χ4n) is 9.51. The number of ether oxygens (including phenoxy) is 1. The normalized spacial score (nSPS) is 12.7. The molecule has 0 aliphatic heterocycles. The first-order chi connectivity index (χ1) is 33.5. The standard InChI is InChI=1S/C62H119NO5/c1-3-5-7-9-11-13-15-17-19-21-23-24-26-27-29-31-34-38-42-46-50-54-60(65)59(58-64)63-61(66)55-51-47-43-39-35-33-37-41-45-49-53-57-68-62(67)56-52-48-44-40-36-32-30-28-25-22-20-18-16-14-12-10-8-6-4-2/h18,20,50,54,59-60,64-65H,3-17,19,21-49,51-53,55-58H2,1-2H3,(H,63,66)/b20-18-,54-50+. The molecule has 0 saturated heterocycles. The summed E-state index contributed by atoms with van der Waals surface area (Å²) in [6, 6.07) is -0.643. The molecule has 0 aromatic heterocycles. The van der Waals surface area contributed by atoms with Gasteiger partial charge in [0.2, 0.25) is 5.91 Å². The summed E-state index contributed by atoms with van der Waals surface area (Å²) in [5.74, 6) is -0.0987. The van der Waals surface area contributed by atoms with Crippen LogP contribution in [0.3, 0.4) is 0 Å². The minimum atomic E-state index is -0.858. The highest BCUT2D eigenvalue weighted by atomic mass is 16.5. The van der Waals surface area contributed by atoms with Crippen LogP contribution in [0.5, 0.6) is 0 Å². The predicted molar refractivity (Wildman–Crippen MR) is 296 cm³/mol. The number of aliphatic hydroxyl groups excluding tert-OH is 2. The predicted octanol–water partition coefficient (Wildman–Crippen LogP) is 19.0. The zero-order valence-electron chi connectivity index (χ0n) is 45.9. The Morgan fingerprint density at radius 3 is 1.04 bits per heavy atom. The van der Waals surface area contributed by atoms with Gasteiger partial charge in [0.15, 0.2) is 0 Å². The minimum absolute atomic E-state index is 0.0150. The third-order valence-electron chi connectivity index (χ3n) is 14.2. The highest BCUT2D eigenvalue weighted by Crippen LogP contribution is 2.17. The van der Waals surface area contributed by atoms with Gasteiger partial charge < -0.3 is 20.3 Å². The molecule has 0 spiro atoms. The third-order valence-corrected chi connectivity index (χ3v) is 14.2. The second-order valence-electron chi connectivity index (χ2n) is 21.0. The maximum Gasteiger partial charge on any atom is 0.305 e. The van der Waals surface area contributed by atoms with Gasteiger partial charge in [-0.2, -0.15) is 0 Å². The van der Waals surface area contributed by atoms with Crippen molar-refractivity contribution >= 4 is 11.9 Å². The lowest BCUT2D eigenvalue weighted by Crippen LogP contribution is -2.45. The molecule has 0 aromatic carbocycles. The molecule has 3 N–H and O–H groups in total. The number of carbonyl (C=O) groups excluding carboxylic acids is 2. The Hall–Kier alpha value is -1.66. The van der Waals surface area contributed by atoms with E-state index in [9.17, 15) is 19.8 Å². The van der Waals surface area contributed by atoms with Crippen LogP contribution in [0.4, 0.5) is 0 Å². The lowest BCUT2D eigenvalue weighted by molar-refractivity contribution is -0.143. The van der Waals surface area contributed by atoms with E-state index in [1.54, 1.807) is 6.08 Å². The monoisotopic (exact) mass is 958 g/mol. The fourth-order valence-corrected chi connectivity index (χ4v) is 9.51. The topological polar surface area (TPSA) is 95.9 Å². The molecule has 0 saturated carbocycles. The molecule has 6 nitrogen and oxygen atoms in total. The number of aliphatic hydroxyl groups is 2. The van der Waals surface area contributed by atoms with Gasteiger partial charge in [-0.25, -0.2) is 0 Å². The maximum absolute atomic E-state index is 12.5. The van der Waals surface area contributed by atoms with Crippen LogP contribution in [-0.4, -0.2) is 47.4 Å².